The number of nitrogen functional groups attached to an aromatic ring is 1. The topological polar surface area (TPSA) is 55.1 Å². The molecule has 2 aromatic carbocycles. The number of nitrogens with one attached hydrogen (secondary N) is 1. The molecule has 0 saturated heterocycles. The summed E-state index contributed by atoms with van der Waals surface area (Å²) in [6.45, 7) is 0. The van der Waals surface area contributed by atoms with Crippen LogP contribution in [0.5, 0.6) is 0 Å². The van der Waals surface area contributed by atoms with Crippen LogP contribution in [-0.2, 0) is 17.6 Å². The Hall–Kier alpha value is -1.33. The number of carbonyl (C=O) groups is 1. The van der Waals surface area contributed by atoms with Gasteiger partial charge in [0.15, 0.2) is 0 Å². The molecule has 108 valence electrons. The quantitative estimate of drug-likeness (QED) is 0.732. The summed E-state index contributed by atoms with van der Waals surface area (Å²) in [5.74, 6) is -0.0155. The van der Waals surface area contributed by atoms with E-state index in [-0.39, 0.29) is 11.8 Å². The zero-order valence-corrected chi connectivity index (χ0v) is 14.4. The van der Waals surface area contributed by atoms with Crippen molar-refractivity contribution in [2.45, 2.75) is 12.8 Å². The maximum Gasteiger partial charge on any atom is 0.228 e. The van der Waals surface area contributed by atoms with Crippen molar-refractivity contribution in [2.75, 3.05) is 11.1 Å². The Morgan fingerprint density at radius 2 is 1.76 bits per heavy atom. The van der Waals surface area contributed by atoms with Gasteiger partial charge in [0.25, 0.3) is 0 Å². The van der Waals surface area contributed by atoms with E-state index in [1.54, 1.807) is 6.07 Å². The van der Waals surface area contributed by atoms with Crippen molar-refractivity contribution in [3.05, 3.63) is 56.5 Å². The van der Waals surface area contributed by atoms with Gasteiger partial charge in [-0.3, -0.25) is 4.79 Å². The highest BCUT2D eigenvalue weighted by Gasteiger charge is 2.27. The second-order valence-corrected chi connectivity index (χ2v) is 6.98. The van der Waals surface area contributed by atoms with E-state index in [1.807, 2.05) is 18.2 Å². The molecule has 0 fully saturated rings. The lowest BCUT2D eigenvalue weighted by molar-refractivity contribution is -0.119. The number of amides is 1. The van der Waals surface area contributed by atoms with E-state index in [0.717, 1.165) is 21.8 Å². The summed E-state index contributed by atoms with van der Waals surface area (Å²) >= 11 is 6.81. The van der Waals surface area contributed by atoms with Crippen LogP contribution in [0.15, 0.2) is 45.3 Å². The molecule has 5 heteroatoms. The molecule has 0 radical (unpaired) electrons. The van der Waals surface area contributed by atoms with Crippen LogP contribution in [0.4, 0.5) is 11.4 Å². The highest BCUT2D eigenvalue weighted by molar-refractivity contribution is 9.11. The molecule has 21 heavy (non-hydrogen) atoms. The molecule has 0 spiro atoms. The third-order valence-corrected chi connectivity index (χ3v) is 4.84. The van der Waals surface area contributed by atoms with Crippen molar-refractivity contribution in [3.63, 3.8) is 0 Å². The van der Waals surface area contributed by atoms with Gasteiger partial charge in [-0.15, -0.1) is 0 Å². The number of carbonyl (C=O) groups excluding carboxylic acids is 1. The van der Waals surface area contributed by atoms with Gasteiger partial charge >= 0.3 is 0 Å². The molecule has 2 aromatic rings. The van der Waals surface area contributed by atoms with E-state index in [0.29, 0.717) is 11.4 Å². The summed E-state index contributed by atoms with van der Waals surface area (Å²) in [6, 6.07) is 11.9. The van der Waals surface area contributed by atoms with Crippen molar-refractivity contribution in [1.29, 1.82) is 0 Å². The Kier molecular flexibility index (Phi) is 4.04. The van der Waals surface area contributed by atoms with Crippen LogP contribution >= 0.6 is 31.9 Å². The van der Waals surface area contributed by atoms with Crippen LogP contribution in [0.3, 0.4) is 0 Å². The van der Waals surface area contributed by atoms with Gasteiger partial charge < -0.3 is 11.1 Å². The Labute approximate surface area is 140 Å². The molecule has 0 saturated carbocycles. The summed E-state index contributed by atoms with van der Waals surface area (Å²) in [4.78, 5) is 12.5. The molecule has 3 nitrogen and oxygen atoms in total. The first kappa shape index (κ1) is 14.6. The maximum atomic E-state index is 12.5. The first-order valence-electron chi connectivity index (χ1n) is 6.67. The fraction of sp³-hybridized carbons (Fsp3) is 0.188. The lowest BCUT2D eigenvalue weighted by atomic mass is 10.1. The Balaban J connectivity index is 1.77. The van der Waals surface area contributed by atoms with Gasteiger partial charge in [0, 0.05) is 14.9 Å². The van der Waals surface area contributed by atoms with E-state index in [1.165, 1.54) is 11.1 Å². The van der Waals surface area contributed by atoms with Crippen molar-refractivity contribution in [3.8, 4) is 0 Å². The lowest BCUT2D eigenvalue weighted by Gasteiger charge is -2.14. The SMILES string of the molecule is Nc1cc(Br)cc(Br)c1NC(=O)C1Cc2ccccc2C1. The van der Waals surface area contributed by atoms with Gasteiger partial charge in [0.1, 0.15) is 0 Å². The fourth-order valence-electron chi connectivity index (χ4n) is 2.69. The normalized spacial score (nSPS) is 14.0. The van der Waals surface area contributed by atoms with E-state index in [2.05, 4.69) is 49.3 Å². The zero-order chi connectivity index (χ0) is 15.0. The Morgan fingerprint density at radius 1 is 1.14 bits per heavy atom. The monoisotopic (exact) mass is 408 g/mol. The number of hydrogen-bond donors (Lipinski definition) is 2. The van der Waals surface area contributed by atoms with E-state index in [4.69, 9.17) is 5.73 Å². The molecule has 0 aliphatic heterocycles. The number of benzene rings is 2. The summed E-state index contributed by atoms with van der Waals surface area (Å²) in [6.07, 6.45) is 1.58. The summed E-state index contributed by atoms with van der Waals surface area (Å²) in [5, 5.41) is 2.95. The van der Waals surface area contributed by atoms with Gasteiger partial charge in [-0.2, -0.15) is 0 Å². The van der Waals surface area contributed by atoms with Crippen LogP contribution in [0, 0.1) is 5.92 Å². The lowest BCUT2D eigenvalue weighted by Crippen LogP contribution is -2.23. The minimum Gasteiger partial charge on any atom is -0.397 e. The highest BCUT2D eigenvalue weighted by atomic mass is 79.9. The van der Waals surface area contributed by atoms with Crippen LogP contribution in [0.1, 0.15) is 11.1 Å². The third kappa shape index (κ3) is 2.99. The van der Waals surface area contributed by atoms with Crippen LogP contribution in [-0.4, -0.2) is 5.91 Å². The van der Waals surface area contributed by atoms with Crippen molar-refractivity contribution >= 4 is 49.1 Å². The number of hydrogen-bond acceptors (Lipinski definition) is 2. The Bertz CT molecular complexity index is 667. The molecule has 1 aliphatic carbocycles. The largest absolute Gasteiger partial charge is 0.397 e. The molecular weight excluding hydrogens is 396 g/mol. The van der Waals surface area contributed by atoms with Crippen LogP contribution in [0.2, 0.25) is 0 Å². The third-order valence-electron chi connectivity index (χ3n) is 3.76. The molecule has 0 aromatic heterocycles. The molecule has 3 N–H and O–H groups in total. The standard InChI is InChI=1S/C16H14Br2N2O/c17-12-7-13(18)15(14(19)8-12)20-16(21)11-5-9-3-1-2-4-10(9)6-11/h1-4,7-8,11H,5-6,19H2,(H,20,21). The average molecular weight is 410 g/mol. The van der Waals surface area contributed by atoms with Gasteiger partial charge in [0.2, 0.25) is 5.91 Å². The van der Waals surface area contributed by atoms with E-state index in [9.17, 15) is 4.79 Å². The smallest absolute Gasteiger partial charge is 0.228 e. The molecule has 1 aliphatic rings. The summed E-state index contributed by atoms with van der Waals surface area (Å²) < 4.78 is 1.65. The molecule has 1 amide bonds. The predicted octanol–water partition coefficient (Wildman–Crippen LogP) is 4.15. The van der Waals surface area contributed by atoms with Crippen molar-refractivity contribution in [2.24, 2.45) is 5.92 Å². The number of anilines is 2. The van der Waals surface area contributed by atoms with Crippen LogP contribution < -0.4 is 11.1 Å². The van der Waals surface area contributed by atoms with Crippen LogP contribution in [0.25, 0.3) is 0 Å². The molecule has 0 unspecified atom stereocenters. The fourth-order valence-corrected chi connectivity index (χ4v) is 4.05. The van der Waals surface area contributed by atoms with Gasteiger partial charge in [-0.05, 0) is 52.0 Å². The van der Waals surface area contributed by atoms with Gasteiger partial charge in [-0.25, -0.2) is 0 Å². The first-order valence-corrected chi connectivity index (χ1v) is 8.25. The average Bonchev–Trinajstić information content (AvgIpc) is 2.86. The zero-order valence-electron chi connectivity index (χ0n) is 11.2. The van der Waals surface area contributed by atoms with Gasteiger partial charge in [-0.1, -0.05) is 40.2 Å². The molecule has 3 rings (SSSR count). The second-order valence-electron chi connectivity index (χ2n) is 5.21. The van der Waals surface area contributed by atoms with Crippen molar-refractivity contribution < 1.29 is 4.79 Å². The summed E-state index contributed by atoms with van der Waals surface area (Å²) in [5.41, 5.74) is 9.69. The first-order chi connectivity index (χ1) is 10.0. The number of rotatable bonds is 2. The summed E-state index contributed by atoms with van der Waals surface area (Å²) in [7, 11) is 0. The van der Waals surface area contributed by atoms with E-state index >= 15 is 0 Å². The second kappa shape index (κ2) is 5.81. The van der Waals surface area contributed by atoms with E-state index < -0.39 is 0 Å². The highest BCUT2D eigenvalue weighted by Crippen LogP contribution is 2.34. The molecule has 0 atom stereocenters. The maximum absolute atomic E-state index is 12.5. The minimum atomic E-state index is -0.0302. The number of halogens is 2. The molecule has 0 bridgehead atoms. The van der Waals surface area contributed by atoms with Crippen molar-refractivity contribution in [1.82, 2.24) is 0 Å². The van der Waals surface area contributed by atoms with Gasteiger partial charge in [0.05, 0.1) is 11.4 Å². The Morgan fingerprint density at radius 3 is 2.33 bits per heavy atom. The number of fused-ring (bicyclic) bond motifs is 1. The minimum absolute atomic E-state index is 0.0147. The number of nitrogens with two attached hydrogens (primary N) is 1. The molecular formula is C16H14Br2N2O. The molecule has 0 heterocycles. The predicted molar refractivity (Wildman–Crippen MR) is 92.2 cm³/mol.